The van der Waals surface area contributed by atoms with Gasteiger partial charge in [0.05, 0.1) is 5.52 Å². The maximum absolute atomic E-state index is 6.15. The van der Waals surface area contributed by atoms with Crippen molar-refractivity contribution in [3.8, 4) is 11.6 Å². The molecule has 2 N–H and O–H groups in total. The smallest absolute Gasteiger partial charge is 0.222 e. The lowest BCUT2D eigenvalue weighted by atomic mass is 10.1. The molecule has 0 saturated heterocycles. The van der Waals surface area contributed by atoms with Crippen LogP contribution in [-0.2, 0) is 6.54 Å². The predicted octanol–water partition coefficient (Wildman–Crippen LogP) is 4.45. The van der Waals surface area contributed by atoms with Gasteiger partial charge in [0, 0.05) is 22.5 Å². The summed E-state index contributed by atoms with van der Waals surface area (Å²) in [6.07, 6.45) is 0. The number of nitrogens with two attached hydrogens (primary N) is 1. The van der Waals surface area contributed by atoms with Crippen LogP contribution in [-0.4, -0.2) is 4.98 Å². The molecule has 0 spiro atoms. The van der Waals surface area contributed by atoms with Gasteiger partial charge in [-0.05, 0) is 36.8 Å². The predicted molar refractivity (Wildman–Crippen MR) is 85.9 cm³/mol. The first kappa shape index (κ1) is 13.9. The average molecular weight is 299 g/mol. The van der Waals surface area contributed by atoms with Crippen molar-refractivity contribution in [2.75, 3.05) is 0 Å². The van der Waals surface area contributed by atoms with Crippen molar-refractivity contribution >= 4 is 22.5 Å². The minimum absolute atomic E-state index is 0.409. The number of nitrogens with zero attached hydrogens (tertiary/aromatic N) is 1. The average Bonchev–Trinajstić information content (AvgIpc) is 2.48. The van der Waals surface area contributed by atoms with Crippen LogP contribution in [0, 0.1) is 6.92 Å². The van der Waals surface area contributed by atoms with Crippen LogP contribution >= 0.6 is 11.6 Å². The monoisotopic (exact) mass is 298 g/mol. The van der Waals surface area contributed by atoms with Gasteiger partial charge in [-0.3, -0.25) is 0 Å². The molecule has 0 amide bonds. The van der Waals surface area contributed by atoms with Crippen LogP contribution in [0.4, 0.5) is 0 Å². The number of aryl methyl sites for hydroxylation is 1. The van der Waals surface area contributed by atoms with Crippen molar-refractivity contribution < 1.29 is 4.74 Å². The molecule has 0 aliphatic rings. The molecule has 1 aromatic heterocycles. The van der Waals surface area contributed by atoms with E-state index < -0.39 is 0 Å². The Morgan fingerprint density at radius 2 is 1.95 bits per heavy atom. The molecule has 3 aromatic rings. The lowest BCUT2D eigenvalue weighted by Crippen LogP contribution is -1.98. The van der Waals surface area contributed by atoms with Crippen molar-refractivity contribution in [2.45, 2.75) is 13.5 Å². The molecule has 0 unspecified atom stereocenters. The molecule has 106 valence electrons. The second kappa shape index (κ2) is 5.72. The Labute approximate surface area is 128 Å². The quantitative estimate of drug-likeness (QED) is 0.777. The molecule has 0 saturated carbocycles. The molecule has 21 heavy (non-hydrogen) atoms. The first-order valence-corrected chi connectivity index (χ1v) is 7.08. The number of para-hydroxylation sites is 1. The van der Waals surface area contributed by atoms with E-state index in [4.69, 9.17) is 22.1 Å². The minimum Gasteiger partial charge on any atom is -0.439 e. The lowest BCUT2D eigenvalue weighted by Gasteiger charge is -2.10. The van der Waals surface area contributed by atoms with E-state index in [-0.39, 0.29) is 0 Å². The number of pyridine rings is 1. The molecular formula is C17H15ClN2O. The molecule has 0 aliphatic heterocycles. The third kappa shape index (κ3) is 2.84. The molecule has 4 heteroatoms. The highest BCUT2D eigenvalue weighted by Crippen LogP contribution is 2.29. The van der Waals surface area contributed by atoms with E-state index in [1.54, 1.807) is 6.07 Å². The van der Waals surface area contributed by atoms with Crippen LogP contribution in [0.3, 0.4) is 0 Å². The summed E-state index contributed by atoms with van der Waals surface area (Å²) < 4.78 is 5.86. The fraction of sp³-hybridized carbons (Fsp3) is 0.118. The number of aromatic nitrogens is 1. The summed E-state index contributed by atoms with van der Waals surface area (Å²) in [6.45, 7) is 2.39. The van der Waals surface area contributed by atoms with Gasteiger partial charge in [0.2, 0.25) is 5.88 Å². The molecule has 3 nitrogen and oxygen atoms in total. The molecule has 0 fully saturated rings. The topological polar surface area (TPSA) is 48.1 Å². The highest BCUT2D eigenvalue weighted by molar-refractivity contribution is 6.31. The van der Waals surface area contributed by atoms with E-state index in [9.17, 15) is 0 Å². The summed E-state index contributed by atoms with van der Waals surface area (Å²) in [4.78, 5) is 4.55. The maximum Gasteiger partial charge on any atom is 0.222 e. The van der Waals surface area contributed by atoms with Crippen molar-refractivity contribution in [3.63, 3.8) is 0 Å². The largest absolute Gasteiger partial charge is 0.439 e. The van der Waals surface area contributed by atoms with Crippen LogP contribution in [0.5, 0.6) is 11.6 Å². The van der Waals surface area contributed by atoms with Gasteiger partial charge in [-0.1, -0.05) is 35.9 Å². The molecule has 0 aliphatic carbocycles. The normalized spacial score (nSPS) is 10.8. The number of hydrogen-bond acceptors (Lipinski definition) is 3. The molecular weight excluding hydrogens is 284 g/mol. The highest BCUT2D eigenvalue weighted by atomic mass is 35.5. The van der Waals surface area contributed by atoms with E-state index in [2.05, 4.69) is 11.1 Å². The van der Waals surface area contributed by atoms with E-state index >= 15 is 0 Å². The number of hydrogen-bond donors (Lipinski definition) is 1. The Bertz CT molecular complexity index is 802. The van der Waals surface area contributed by atoms with Crippen LogP contribution in [0.25, 0.3) is 10.9 Å². The number of fused-ring (bicyclic) bond motifs is 1. The van der Waals surface area contributed by atoms with Crippen LogP contribution in [0.15, 0.2) is 48.5 Å². The van der Waals surface area contributed by atoms with Gasteiger partial charge in [-0.25, -0.2) is 4.98 Å². The zero-order chi connectivity index (χ0) is 14.8. The van der Waals surface area contributed by atoms with Gasteiger partial charge in [0.15, 0.2) is 0 Å². The van der Waals surface area contributed by atoms with Gasteiger partial charge in [-0.15, -0.1) is 0 Å². The first-order chi connectivity index (χ1) is 10.2. The third-order valence-electron chi connectivity index (χ3n) is 3.33. The Hall–Kier alpha value is -2.10. The Morgan fingerprint density at radius 3 is 2.71 bits per heavy atom. The Balaban J connectivity index is 1.97. The van der Waals surface area contributed by atoms with E-state index in [0.29, 0.717) is 23.2 Å². The molecule has 2 aromatic carbocycles. The Morgan fingerprint density at radius 1 is 1.14 bits per heavy atom. The second-order valence-electron chi connectivity index (χ2n) is 4.86. The van der Waals surface area contributed by atoms with Gasteiger partial charge in [-0.2, -0.15) is 0 Å². The number of halogens is 1. The molecule has 0 atom stereocenters. The zero-order valence-corrected chi connectivity index (χ0v) is 12.4. The van der Waals surface area contributed by atoms with Crippen LogP contribution in [0.1, 0.15) is 11.1 Å². The fourth-order valence-electron chi connectivity index (χ4n) is 2.18. The zero-order valence-electron chi connectivity index (χ0n) is 11.6. The lowest BCUT2D eigenvalue weighted by molar-refractivity contribution is 0.461. The van der Waals surface area contributed by atoms with E-state index in [1.165, 1.54) is 0 Å². The second-order valence-corrected chi connectivity index (χ2v) is 5.27. The summed E-state index contributed by atoms with van der Waals surface area (Å²) in [5, 5.41) is 1.70. The third-order valence-corrected chi connectivity index (χ3v) is 3.68. The molecule has 0 bridgehead atoms. The Kier molecular flexibility index (Phi) is 3.78. The van der Waals surface area contributed by atoms with Crippen LogP contribution in [0.2, 0.25) is 5.02 Å². The maximum atomic E-state index is 6.15. The van der Waals surface area contributed by atoms with Crippen molar-refractivity contribution in [1.82, 2.24) is 4.98 Å². The van der Waals surface area contributed by atoms with Crippen molar-refractivity contribution in [1.29, 1.82) is 0 Å². The van der Waals surface area contributed by atoms with Crippen molar-refractivity contribution in [2.24, 2.45) is 5.73 Å². The molecule has 0 radical (unpaired) electrons. The number of benzene rings is 2. The molecule has 1 heterocycles. The number of ether oxygens (including phenoxy) is 1. The summed E-state index contributed by atoms with van der Waals surface area (Å²) >= 11 is 6.15. The van der Waals surface area contributed by atoms with Gasteiger partial charge >= 0.3 is 0 Å². The van der Waals surface area contributed by atoms with Crippen LogP contribution < -0.4 is 10.5 Å². The van der Waals surface area contributed by atoms with Gasteiger partial charge in [0.25, 0.3) is 0 Å². The SMILES string of the molecule is Cc1cc2ccccc2nc1Oc1ccc(CN)c(Cl)c1. The number of rotatable bonds is 3. The van der Waals surface area contributed by atoms with Gasteiger partial charge in [0.1, 0.15) is 5.75 Å². The molecule has 3 rings (SSSR count). The summed E-state index contributed by atoms with van der Waals surface area (Å²) in [6, 6.07) is 15.5. The van der Waals surface area contributed by atoms with Gasteiger partial charge < -0.3 is 10.5 Å². The van der Waals surface area contributed by atoms with E-state index in [0.717, 1.165) is 22.0 Å². The standard InChI is InChI=1S/C17H15ClN2O/c1-11-8-12-4-2-3-5-16(12)20-17(11)21-14-7-6-13(10-19)15(18)9-14/h2-9H,10,19H2,1H3. The fourth-order valence-corrected chi connectivity index (χ4v) is 2.42. The van der Waals surface area contributed by atoms with Crippen molar-refractivity contribution in [3.05, 3.63) is 64.7 Å². The highest BCUT2D eigenvalue weighted by Gasteiger charge is 2.07. The van der Waals surface area contributed by atoms with E-state index in [1.807, 2.05) is 43.3 Å². The summed E-state index contributed by atoms with van der Waals surface area (Å²) in [5.41, 5.74) is 8.38. The minimum atomic E-state index is 0.409. The summed E-state index contributed by atoms with van der Waals surface area (Å²) in [5.74, 6) is 1.24. The first-order valence-electron chi connectivity index (χ1n) is 6.70. The summed E-state index contributed by atoms with van der Waals surface area (Å²) in [7, 11) is 0.